The largest absolute Gasteiger partial charge is 0.351 e. The zero-order valence-corrected chi connectivity index (χ0v) is 18.2. The molecule has 0 aliphatic carbocycles. The molecule has 30 heavy (non-hydrogen) atoms. The van der Waals surface area contributed by atoms with Crippen molar-refractivity contribution in [1.29, 1.82) is 0 Å². The summed E-state index contributed by atoms with van der Waals surface area (Å²) in [5.41, 5.74) is 2.45. The second-order valence-corrected chi connectivity index (χ2v) is 8.57. The molecule has 7 heteroatoms. The maximum Gasteiger partial charge on any atom is 0.270 e. The minimum atomic E-state index is -0.195. The average molecular weight is 444 g/mol. The van der Waals surface area contributed by atoms with Crippen LogP contribution in [0.1, 0.15) is 23.0 Å². The monoisotopic (exact) mass is 443 g/mol. The molecule has 3 aromatic rings. The molecular weight excluding hydrogens is 421 g/mol. The molecule has 2 aromatic carbocycles. The van der Waals surface area contributed by atoms with E-state index in [0.717, 1.165) is 16.5 Å². The van der Waals surface area contributed by atoms with Crippen LogP contribution in [0.15, 0.2) is 48.5 Å². The Morgan fingerprint density at radius 3 is 2.40 bits per heavy atom. The highest BCUT2D eigenvalue weighted by molar-refractivity contribution is 6.35. The molecule has 4 rings (SSSR count). The van der Waals surface area contributed by atoms with E-state index >= 15 is 0 Å². The van der Waals surface area contributed by atoms with Crippen LogP contribution in [-0.2, 0) is 11.2 Å². The van der Waals surface area contributed by atoms with Gasteiger partial charge in [0.25, 0.3) is 5.91 Å². The van der Waals surface area contributed by atoms with Crippen molar-refractivity contribution in [3.63, 3.8) is 0 Å². The number of para-hydroxylation sites is 1. The summed E-state index contributed by atoms with van der Waals surface area (Å²) in [6, 6.07) is 15.1. The number of aromatic amines is 1. The number of benzene rings is 2. The molecule has 0 bridgehead atoms. The van der Waals surface area contributed by atoms with Crippen LogP contribution in [-0.4, -0.2) is 52.8 Å². The van der Waals surface area contributed by atoms with Crippen LogP contribution in [0.25, 0.3) is 10.9 Å². The predicted molar refractivity (Wildman–Crippen MR) is 120 cm³/mol. The number of piperazine rings is 1. The molecule has 1 atom stereocenters. The number of hydrogen-bond acceptors (Lipinski definition) is 2. The van der Waals surface area contributed by atoms with Gasteiger partial charge in [-0.2, -0.15) is 0 Å². The first-order valence-corrected chi connectivity index (χ1v) is 10.8. The normalized spacial score (nSPS) is 15.4. The van der Waals surface area contributed by atoms with Crippen LogP contribution >= 0.6 is 23.2 Å². The van der Waals surface area contributed by atoms with E-state index in [0.29, 0.717) is 48.3 Å². The number of carbonyl (C=O) groups excluding carboxylic acids is 2. The Morgan fingerprint density at radius 1 is 1.00 bits per heavy atom. The van der Waals surface area contributed by atoms with E-state index in [1.165, 1.54) is 0 Å². The van der Waals surface area contributed by atoms with Crippen molar-refractivity contribution in [2.75, 3.05) is 26.2 Å². The molecule has 1 N–H and O–H groups in total. The maximum absolute atomic E-state index is 12.9. The number of rotatable bonds is 4. The lowest BCUT2D eigenvalue weighted by atomic mass is 9.99. The number of nitrogens with zero attached hydrogens (tertiary/aromatic N) is 2. The number of amides is 2. The smallest absolute Gasteiger partial charge is 0.270 e. The zero-order chi connectivity index (χ0) is 21.3. The van der Waals surface area contributed by atoms with Gasteiger partial charge < -0.3 is 14.8 Å². The fourth-order valence-corrected chi connectivity index (χ4v) is 4.39. The van der Waals surface area contributed by atoms with E-state index in [-0.39, 0.29) is 17.7 Å². The van der Waals surface area contributed by atoms with Crippen molar-refractivity contribution in [3.05, 3.63) is 69.8 Å². The Kier molecular flexibility index (Phi) is 6.02. The molecule has 2 amide bonds. The van der Waals surface area contributed by atoms with Crippen LogP contribution in [0.5, 0.6) is 0 Å². The highest BCUT2D eigenvalue weighted by Crippen LogP contribution is 2.24. The first-order chi connectivity index (χ1) is 14.4. The van der Waals surface area contributed by atoms with E-state index in [1.807, 2.05) is 48.2 Å². The molecule has 0 spiro atoms. The van der Waals surface area contributed by atoms with E-state index in [1.54, 1.807) is 17.0 Å². The molecule has 0 saturated carbocycles. The van der Waals surface area contributed by atoms with E-state index in [4.69, 9.17) is 23.2 Å². The molecule has 1 unspecified atom stereocenters. The Balaban J connectivity index is 1.35. The molecule has 0 radical (unpaired) electrons. The lowest BCUT2D eigenvalue weighted by molar-refractivity contribution is -0.136. The van der Waals surface area contributed by atoms with Crippen LogP contribution in [0.3, 0.4) is 0 Å². The number of H-pyrrole nitrogens is 1. The first-order valence-electron chi connectivity index (χ1n) is 10.0. The standard InChI is InChI=1S/C23H23Cl2N3O2/c1-15(12-16-6-7-18(24)14-19(16)25)22(29)27-8-10-28(11-9-27)23(30)21-13-17-4-2-3-5-20(17)26-21/h2-7,13-15,26H,8-12H2,1H3. The lowest BCUT2D eigenvalue weighted by Gasteiger charge is -2.36. The van der Waals surface area contributed by atoms with Gasteiger partial charge >= 0.3 is 0 Å². The molecule has 1 aliphatic heterocycles. The number of hydrogen-bond donors (Lipinski definition) is 1. The summed E-state index contributed by atoms with van der Waals surface area (Å²) in [5, 5.41) is 2.18. The Labute approximate surface area is 185 Å². The third-order valence-electron chi connectivity index (χ3n) is 5.60. The van der Waals surface area contributed by atoms with Gasteiger partial charge in [0.2, 0.25) is 5.91 Å². The van der Waals surface area contributed by atoms with Gasteiger partial charge in [-0.25, -0.2) is 0 Å². The van der Waals surface area contributed by atoms with E-state index < -0.39 is 0 Å². The molecule has 1 aliphatic rings. The fraction of sp³-hybridized carbons (Fsp3) is 0.304. The summed E-state index contributed by atoms with van der Waals surface area (Å²) >= 11 is 12.2. The second-order valence-electron chi connectivity index (χ2n) is 7.73. The molecule has 2 heterocycles. The number of carbonyl (C=O) groups is 2. The minimum absolute atomic E-state index is 0.0284. The minimum Gasteiger partial charge on any atom is -0.351 e. The average Bonchev–Trinajstić information content (AvgIpc) is 3.19. The SMILES string of the molecule is CC(Cc1ccc(Cl)cc1Cl)C(=O)N1CCN(C(=O)c2cc3ccccc3[nH]2)CC1. The summed E-state index contributed by atoms with van der Waals surface area (Å²) < 4.78 is 0. The number of halogens is 2. The Hall–Kier alpha value is -2.50. The molecule has 1 fully saturated rings. The van der Waals surface area contributed by atoms with Crippen LogP contribution < -0.4 is 0 Å². The third-order valence-corrected chi connectivity index (χ3v) is 6.19. The molecule has 156 valence electrons. The van der Waals surface area contributed by atoms with Crippen LogP contribution in [0.2, 0.25) is 10.0 Å². The van der Waals surface area contributed by atoms with Gasteiger partial charge in [-0.15, -0.1) is 0 Å². The fourth-order valence-electron chi connectivity index (χ4n) is 3.90. The van der Waals surface area contributed by atoms with Crippen molar-refractivity contribution < 1.29 is 9.59 Å². The third kappa shape index (κ3) is 4.32. The van der Waals surface area contributed by atoms with Gasteiger partial charge in [0, 0.05) is 53.0 Å². The molecule has 5 nitrogen and oxygen atoms in total. The highest BCUT2D eigenvalue weighted by Gasteiger charge is 2.28. The van der Waals surface area contributed by atoms with Crippen LogP contribution in [0, 0.1) is 5.92 Å². The molecule has 1 aromatic heterocycles. The van der Waals surface area contributed by atoms with Gasteiger partial charge in [-0.05, 0) is 36.2 Å². The van der Waals surface area contributed by atoms with Crippen LogP contribution in [0.4, 0.5) is 0 Å². The number of aromatic nitrogens is 1. The van der Waals surface area contributed by atoms with E-state index in [2.05, 4.69) is 4.98 Å². The zero-order valence-electron chi connectivity index (χ0n) is 16.7. The maximum atomic E-state index is 12.9. The van der Waals surface area contributed by atoms with Crippen molar-refractivity contribution in [1.82, 2.24) is 14.8 Å². The summed E-state index contributed by atoms with van der Waals surface area (Å²) in [5.74, 6) is -0.141. The molecular formula is C23H23Cl2N3O2. The van der Waals surface area contributed by atoms with Crippen molar-refractivity contribution in [2.24, 2.45) is 5.92 Å². The highest BCUT2D eigenvalue weighted by atomic mass is 35.5. The number of fused-ring (bicyclic) bond motifs is 1. The van der Waals surface area contributed by atoms with Crippen molar-refractivity contribution >= 4 is 45.9 Å². The Morgan fingerprint density at radius 2 is 1.70 bits per heavy atom. The topological polar surface area (TPSA) is 56.4 Å². The van der Waals surface area contributed by atoms with Crippen molar-refractivity contribution in [2.45, 2.75) is 13.3 Å². The first kappa shape index (κ1) is 20.8. The summed E-state index contributed by atoms with van der Waals surface area (Å²) in [6.45, 7) is 4.02. The predicted octanol–water partition coefficient (Wildman–Crippen LogP) is 4.64. The van der Waals surface area contributed by atoms with Gasteiger partial charge in [0.15, 0.2) is 0 Å². The van der Waals surface area contributed by atoms with Crippen molar-refractivity contribution in [3.8, 4) is 0 Å². The van der Waals surface area contributed by atoms with Gasteiger partial charge in [-0.1, -0.05) is 54.4 Å². The Bertz CT molecular complexity index is 1050. The summed E-state index contributed by atoms with van der Waals surface area (Å²) in [7, 11) is 0. The number of nitrogens with one attached hydrogen (secondary N) is 1. The summed E-state index contributed by atoms with van der Waals surface area (Å²) in [6.07, 6.45) is 0.559. The van der Waals surface area contributed by atoms with Gasteiger partial charge in [-0.3, -0.25) is 9.59 Å². The van der Waals surface area contributed by atoms with Gasteiger partial charge in [0.05, 0.1) is 0 Å². The quantitative estimate of drug-likeness (QED) is 0.638. The van der Waals surface area contributed by atoms with Gasteiger partial charge in [0.1, 0.15) is 5.69 Å². The summed E-state index contributed by atoms with van der Waals surface area (Å²) in [4.78, 5) is 32.6. The lowest BCUT2D eigenvalue weighted by Crippen LogP contribution is -2.52. The molecule has 1 saturated heterocycles. The van der Waals surface area contributed by atoms with E-state index in [9.17, 15) is 9.59 Å². The second kappa shape index (κ2) is 8.70.